The molecule has 0 unspecified atom stereocenters. The van der Waals surface area contributed by atoms with Crippen molar-refractivity contribution in [2.75, 3.05) is 18.3 Å². The molecule has 1 fully saturated rings. The minimum absolute atomic E-state index is 0.0150. The van der Waals surface area contributed by atoms with E-state index >= 15 is 0 Å². The minimum Gasteiger partial charge on any atom is -0.497 e. The van der Waals surface area contributed by atoms with E-state index in [1.165, 1.54) is 0 Å². The van der Waals surface area contributed by atoms with Gasteiger partial charge in [0.15, 0.2) is 0 Å². The van der Waals surface area contributed by atoms with Gasteiger partial charge in [0.25, 0.3) is 0 Å². The lowest BCUT2D eigenvalue weighted by Gasteiger charge is -2.46. The maximum atomic E-state index is 12.6. The van der Waals surface area contributed by atoms with Crippen LogP contribution in [0.25, 0.3) is 0 Å². The number of benzene rings is 1. The molecule has 7 heteroatoms. The Hall–Kier alpha value is -2.54. The van der Waals surface area contributed by atoms with Crippen LogP contribution in [0.15, 0.2) is 60.9 Å². The number of ether oxygens (including phenoxy) is 1. The number of hydrogen-bond acceptors (Lipinski definition) is 5. The van der Waals surface area contributed by atoms with Crippen LogP contribution in [0.2, 0.25) is 0 Å². The number of rotatable bonds is 8. The standard InChI is InChI=1S/C19H23NO5S/c1-6-7-17-18(12-13(2)14(3)25-26(5,22)23)20(19(17)21)15-8-10-16(24-4)11-9-15/h6,8-12,17-18H,1,3,7H2,2,4-5H3/b13-12+/t17-,18-/m0/s1. The Kier molecular flexibility index (Phi) is 5.92. The second-order valence-corrected chi connectivity index (χ2v) is 7.66. The van der Waals surface area contributed by atoms with Crippen LogP contribution < -0.4 is 9.64 Å². The number of hydrogen-bond donors (Lipinski definition) is 0. The maximum Gasteiger partial charge on any atom is 0.306 e. The van der Waals surface area contributed by atoms with E-state index in [0.717, 1.165) is 11.9 Å². The lowest BCUT2D eigenvalue weighted by Crippen LogP contribution is -2.60. The number of allylic oxidation sites excluding steroid dienone is 2. The molecule has 2 atom stereocenters. The molecule has 1 aliphatic rings. The van der Waals surface area contributed by atoms with Crippen molar-refractivity contribution in [1.29, 1.82) is 0 Å². The largest absolute Gasteiger partial charge is 0.497 e. The molecule has 1 heterocycles. The maximum absolute atomic E-state index is 12.6. The molecule has 0 N–H and O–H groups in total. The molecule has 0 spiro atoms. The van der Waals surface area contributed by atoms with Gasteiger partial charge in [-0.3, -0.25) is 4.79 Å². The average molecular weight is 377 g/mol. The highest BCUT2D eigenvalue weighted by Crippen LogP contribution is 2.37. The number of carbonyl (C=O) groups is 1. The summed E-state index contributed by atoms with van der Waals surface area (Å²) in [6.45, 7) is 9.06. The number of amides is 1. The molecule has 140 valence electrons. The predicted octanol–water partition coefficient (Wildman–Crippen LogP) is 3.04. The third-order valence-electron chi connectivity index (χ3n) is 4.15. The van der Waals surface area contributed by atoms with Gasteiger partial charge < -0.3 is 13.8 Å². The summed E-state index contributed by atoms with van der Waals surface area (Å²) in [6.07, 6.45) is 4.99. The van der Waals surface area contributed by atoms with E-state index in [4.69, 9.17) is 8.92 Å². The van der Waals surface area contributed by atoms with Gasteiger partial charge in [0, 0.05) is 5.69 Å². The Morgan fingerprint density at radius 3 is 2.42 bits per heavy atom. The summed E-state index contributed by atoms with van der Waals surface area (Å²) < 4.78 is 32.5. The molecule has 1 aliphatic heterocycles. The Labute approximate surface area is 154 Å². The Morgan fingerprint density at radius 2 is 1.92 bits per heavy atom. The number of nitrogens with zero attached hydrogens (tertiary/aromatic N) is 1. The van der Waals surface area contributed by atoms with Crippen molar-refractivity contribution in [2.24, 2.45) is 5.92 Å². The first-order valence-electron chi connectivity index (χ1n) is 8.03. The van der Waals surface area contributed by atoms with E-state index in [0.29, 0.717) is 17.7 Å². The highest BCUT2D eigenvalue weighted by atomic mass is 32.2. The van der Waals surface area contributed by atoms with Gasteiger partial charge in [-0.05, 0) is 43.2 Å². The minimum atomic E-state index is -3.65. The fraction of sp³-hybridized carbons (Fsp3) is 0.316. The van der Waals surface area contributed by atoms with Gasteiger partial charge in [-0.25, -0.2) is 0 Å². The summed E-state index contributed by atoms with van der Waals surface area (Å²) in [5.41, 5.74) is 1.29. The Bertz CT molecular complexity index is 839. The summed E-state index contributed by atoms with van der Waals surface area (Å²) in [7, 11) is -2.08. The highest BCUT2D eigenvalue weighted by molar-refractivity contribution is 7.86. The molecule has 0 aliphatic carbocycles. The van der Waals surface area contributed by atoms with Crippen LogP contribution in [-0.2, 0) is 19.1 Å². The quantitative estimate of drug-likeness (QED) is 0.229. The van der Waals surface area contributed by atoms with Crippen molar-refractivity contribution >= 4 is 21.7 Å². The van der Waals surface area contributed by atoms with Gasteiger partial charge >= 0.3 is 10.1 Å². The van der Waals surface area contributed by atoms with Gasteiger partial charge in [-0.2, -0.15) is 8.42 Å². The fourth-order valence-electron chi connectivity index (χ4n) is 2.82. The molecular formula is C19H23NO5S. The van der Waals surface area contributed by atoms with E-state index in [-0.39, 0.29) is 23.6 Å². The molecule has 1 saturated heterocycles. The average Bonchev–Trinajstić information content (AvgIpc) is 2.58. The summed E-state index contributed by atoms with van der Waals surface area (Å²) in [4.78, 5) is 14.2. The monoisotopic (exact) mass is 377 g/mol. The number of carbonyl (C=O) groups excluding carboxylic acids is 1. The first-order valence-corrected chi connectivity index (χ1v) is 9.84. The van der Waals surface area contributed by atoms with Gasteiger partial charge in [0.1, 0.15) is 11.5 Å². The zero-order valence-corrected chi connectivity index (χ0v) is 16.0. The normalized spacial score (nSPS) is 20.3. The molecule has 0 saturated carbocycles. The molecule has 2 rings (SSSR count). The van der Waals surface area contributed by atoms with E-state index in [1.807, 2.05) is 0 Å². The number of anilines is 1. The lowest BCUT2D eigenvalue weighted by atomic mass is 9.82. The van der Waals surface area contributed by atoms with E-state index in [9.17, 15) is 13.2 Å². The molecule has 0 aromatic heterocycles. The van der Waals surface area contributed by atoms with Gasteiger partial charge in [-0.15, -0.1) is 6.58 Å². The first kappa shape index (κ1) is 19.8. The highest BCUT2D eigenvalue weighted by Gasteiger charge is 2.46. The van der Waals surface area contributed by atoms with Crippen molar-refractivity contribution in [3.8, 4) is 5.75 Å². The van der Waals surface area contributed by atoms with E-state index < -0.39 is 10.1 Å². The van der Waals surface area contributed by atoms with Gasteiger partial charge in [0.2, 0.25) is 5.91 Å². The molecular weight excluding hydrogens is 354 g/mol. The van der Waals surface area contributed by atoms with Crippen LogP contribution in [0.4, 0.5) is 5.69 Å². The van der Waals surface area contributed by atoms with Crippen molar-refractivity contribution < 1.29 is 22.1 Å². The third kappa shape index (κ3) is 4.35. The van der Waals surface area contributed by atoms with E-state index in [1.54, 1.807) is 55.4 Å². The Morgan fingerprint density at radius 1 is 1.31 bits per heavy atom. The molecule has 1 amide bonds. The lowest BCUT2D eigenvalue weighted by molar-refractivity contribution is -0.128. The summed E-state index contributed by atoms with van der Waals surface area (Å²) in [5, 5.41) is 0. The van der Waals surface area contributed by atoms with Crippen LogP contribution in [-0.4, -0.2) is 33.7 Å². The summed E-state index contributed by atoms with van der Waals surface area (Å²) >= 11 is 0. The zero-order chi connectivity index (χ0) is 19.5. The molecule has 26 heavy (non-hydrogen) atoms. The van der Waals surface area contributed by atoms with Crippen LogP contribution in [0.5, 0.6) is 5.75 Å². The first-order chi connectivity index (χ1) is 12.2. The van der Waals surface area contributed by atoms with Crippen LogP contribution >= 0.6 is 0 Å². The molecule has 0 radical (unpaired) electrons. The molecule has 6 nitrogen and oxygen atoms in total. The Balaban J connectivity index is 2.30. The SMILES string of the molecule is C=CC[C@@H]1C(=O)N(c2ccc(OC)cc2)[C@H]1/C=C(\C)C(=C)OS(C)(=O)=O. The number of methoxy groups -OCH3 is 1. The van der Waals surface area contributed by atoms with Crippen molar-refractivity contribution in [2.45, 2.75) is 19.4 Å². The van der Waals surface area contributed by atoms with Crippen molar-refractivity contribution in [1.82, 2.24) is 0 Å². The fourth-order valence-corrected chi connectivity index (χ4v) is 3.32. The predicted molar refractivity (Wildman–Crippen MR) is 101 cm³/mol. The molecule has 1 aromatic carbocycles. The zero-order valence-electron chi connectivity index (χ0n) is 15.1. The topological polar surface area (TPSA) is 72.9 Å². The van der Waals surface area contributed by atoms with E-state index in [2.05, 4.69) is 13.2 Å². The van der Waals surface area contributed by atoms with Gasteiger partial charge in [-0.1, -0.05) is 18.7 Å². The summed E-state index contributed by atoms with van der Waals surface area (Å²) in [6, 6.07) is 6.93. The van der Waals surface area contributed by atoms with Crippen molar-refractivity contribution in [3.63, 3.8) is 0 Å². The molecule has 0 bridgehead atoms. The summed E-state index contributed by atoms with van der Waals surface area (Å²) in [5.74, 6) is 0.468. The van der Waals surface area contributed by atoms with Gasteiger partial charge in [0.05, 0.1) is 25.3 Å². The smallest absolute Gasteiger partial charge is 0.306 e. The van der Waals surface area contributed by atoms with Crippen LogP contribution in [0.3, 0.4) is 0 Å². The van der Waals surface area contributed by atoms with Crippen LogP contribution in [0.1, 0.15) is 13.3 Å². The molecule has 1 aromatic rings. The third-order valence-corrected chi connectivity index (χ3v) is 4.65. The number of β-lactam (4-membered cyclic amide) rings is 1. The van der Waals surface area contributed by atoms with Crippen molar-refractivity contribution in [3.05, 3.63) is 60.9 Å². The second kappa shape index (κ2) is 7.78. The second-order valence-electron chi connectivity index (χ2n) is 6.09. The van der Waals surface area contributed by atoms with Crippen LogP contribution in [0, 0.1) is 5.92 Å².